The third-order valence-electron chi connectivity index (χ3n) is 4.79. The summed E-state index contributed by atoms with van der Waals surface area (Å²) < 4.78 is 5.56. The number of ether oxygens (including phenoxy) is 1. The monoisotopic (exact) mass is 392 g/mol. The summed E-state index contributed by atoms with van der Waals surface area (Å²) in [5, 5.41) is 0.946. The van der Waals surface area contributed by atoms with E-state index in [1.807, 2.05) is 4.90 Å². The van der Waals surface area contributed by atoms with Gasteiger partial charge in [0.2, 0.25) is 0 Å². The fourth-order valence-corrected chi connectivity index (χ4v) is 3.56. The number of anilines is 1. The van der Waals surface area contributed by atoms with Crippen LogP contribution >= 0.6 is 23.2 Å². The second kappa shape index (κ2) is 8.19. The van der Waals surface area contributed by atoms with E-state index < -0.39 is 0 Å². The van der Waals surface area contributed by atoms with Crippen molar-refractivity contribution in [2.24, 2.45) is 0 Å². The lowest BCUT2D eigenvalue weighted by Crippen LogP contribution is -2.50. The number of carbonyl (C=O) groups is 1. The molecule has 2 aromatic carbocycles. The zero-order valence-electron chi connectivity index (χ0n) is 15.0. The van der Waals surface area contributed by atoms with Crippen LogP contribution in [0.15, 0.2) is 36.4 Å². The zero-order chi connectivity index (χ0) is 18.7. The van der Waals surface area contributed by atoms with Crippen LogP contribution in [0.4, 0.5) is 5.69 Å². The van der Waals surface area contributed by atoms with E-state index in [-0.39, 0.29) is 12.5 Å². The Hall–Kier alpha value is -1.91. The molecule has 4 nitrogen and oxygen atoms in total. The lowest BCUT2D eigenvalue weighted by molar-refractivity contribution is -0.133. The number of hydrogen-bond donors (Lipinski definition) is 0. The molecule has 26 heavy (non-hydrogen) atoms. The first-order valence-corrected chi connectivity index (χ1v) is 9.38. The number of halogens is 2. The summed E-state index contributed by atoms with van der Waals surface area (Å²) >= 11 is 11.9. The molecule has 0 bridgehead atoms. The highest BCUT2D eigenvalue weighted by Gasteiger charge is 2.22. The van der Waals surface area contributed by atoms with Gasteiger partial charge in [0, 0.05) is 36.9 Å². The van der Waals surface area contributed by atoms with Crippen LogP contribution in [0.1, 0.15) is 11.1 Å². The van der Waals surface area contributed by atoms with Crippen molar-refractivity contribution in [3.8, 4) is 5.75 Å². The van der Waals surface area contributed by atoms with Crippen molar-refractivity contribution < 1.29 is 9.53 Å². The molecular weight excluding hydrogens is 371 g/mol. The highest BCUT2D eigenvalue weighted by Crippen LogP contribution is 2.28. The number of piperazine rings is 1. The van der Waals surface area contributed by atoms with Gasteiger partial charge >= 0.3 is 0 Å². The minimum atomic E-state index is -0.0309. The van der Waals surface area contributed by atoms with E-state index in [1.165, 1.54) is 16.8 Å². The predicted octanol–water partition coefficient (Wildman–Crippen LogP) is 4.34. The molecule has 0 spiro atoms. The van der Waals surface area contributed by atoms with Crippen LogP contribution in [-0.4, -0.2) is 43.6 Å². The highest BCUT2D eigenvalue weighted by molar-refractivity contribution is 6.35. The van der Waals surface area contributed by atoms with E-state index >= 15 is 0 Å². The van der Waals surface area contributed by atoms with Gasteiger partial charge in [0.25, 0.3) is 5.91 Å². The lowest BCUT2D eigenvalue weighted by atomic mass is 10.1. The Labute approximate surface area is 164 Å². The van der Waals surface area contributed by atoms with Crippen LogP contribution < -0.4 is 9.64 Å². The van der Waals surface area contributed by atoms with Crippen molar-refractivity contribution in [2.45, 2.75) is 13.8 Å². The fraction of sp³-hybridized carbons (Fsp3) is 0.350. The second-order valence-corrected chi connectivity index (χ2v) is 7.29. The lowest BCUT2D eigenvalue weighted by Gasteiger charge is -2.37. The fourth-order valence-electron chi connectivity index (χ4n) is 3.10. The minimum Gasteiger partial charge on any atom is -0.482 e. The first-order valence-electron chi connectivity index (χ1n) is 8.62. The van der Waals surface area contributed by atoms with Crippen LogP contribution in [0, 0.1) is 13.8 Å². The van der Waals surface area contributed by atoms with Crippen molar-refractivity contribution in [3.05, 3.63) is 57.6 Å². The molecule has 6 heteroatoms. The van der Waals surface area contributed by atoms with Gasteiger partial charge in [-0.2, -0.15) is 0 Å². The summed E-state index contributed by atoms with van der Waals surface area (Å²) in [7, 11) is 0. The zero-order valence-corrected chi connectivity index (χ0v) is 16.5. The van der Waals surface area contributed by atoms with Gasteiger partial charge < -0.3 is 14.5 Å². The van der Waals surface area contributed by atoms with Crippen molar-refractivity contribution in [1.29, 1.82) is 0 Å². The Balaban J connectivity index is 1.54. The highest BCUT2D eigenvalue weighted by atomic mass is 35.5. The summed E-state index contributed by atoms with van der Waals surface area (Å²) in [6.45, 7) is 7.25. The Bertz CT molecular complexity index is 802. The molecule has 0 saturated carbocycles. The SMILES string of the molecule is Cc1cccc(N2CCN(C(=O)COc3ccc(Cl)cc3Cl)CC2)c1C. The smallest absolute Gasteiger partial charge is 0.260 e. The molecule has 1 saturated heterocycles. The Morgan fingerprint density at radius 2 is 1.81 bits per heavy atom. The number of carbonyl (C=O) groups excluding carboxylic acids is 1. The molecule has 0 N–H and O–H groups in total. The maximum absolute atomic E-state index is 12.4. The average molecular weight is 393 g/mol. The number of benzene rings is 2. The molecule has 0 radical (unpaired) electrons. The van der Waals surface area contributed by atoms with Gasteiger partial charge in [0.15, 0.2) is 6.61 Å². The van der Waals surface area contributed by atoms with Crippen LogP contribution in [0.5, 0.6) is 5.75 Å². The first kappa shape index (κ1) is 18.9. The molecule has 0 unspecified atom stereocenters. The maximum atomic E-state index is 12.4. The molecule has 1 amide bonds. The average Bonchev–Trinajstić information content (AvgIpc) is 2.63. The van der Waals surface area contributed by atoms with Crippen LogP contribution in [0.25, 0.3) is 0 Å². The normalized spacial score (nSPS) is 14.5. The number of rotatable bonds is 4. The summed E-state index contributed by atoms with van der Waals surface area (Å²) in [6, 6.07) is 11.3. The third kappa shape index (κ3) is 4.25. The maximum Gasteiger partial charge on any atom is 0.260 e. The predicted molar refractivity (Wildman–Crippen MR) is 107 cm³/mol. The Morgan fingerprint density at radius 1 is 1.08 bits per heavy atom. The first-order chi connectivity index (χ1) is 12.5. The second-order valence-electron chi connectivity index (χ2n) is 6.45. The standard InChI is InChI=1S/C20H22Cl2N2O2/c1-14-4-3-5-18(15(14)2)23-8-10-24(11-9-23)20(25)13-26-19-7-6-16(21)12-17(19)22/h3-7,12H,8-11,13H2,1-2H3. The largest absolute Gasteiger partial charge is 0.482 e. The van der Waals surface area contributed by atoms with Crippen LogP contribution in [0.3, 0.4) is 0 Å². The van der Waals surface area contributed by atoms with Crippen molar-refractivity contribution in [3.63, 3.8) is 0 Å². The summed E-state index contributed by atoms with van der Waals surface area (Å²) in [5.74, 6) is 0.440. The van der Waals surface area contributed by atoms with Gasteiger partial charge in [-0.25, -0.2) is 0 Å². The van der Waals surface area contributed by atoms with Gasteiger partial charge in [-0.15, -0.1) is 0 Å². The summed E-state index contributed by atoms with van der Waals surface area (Å²) in [6.07, 6.45) is 0. The van der Waals surface area contributed by atoms with E-state index in [0.29, 0.717) is 28.9 Å². The van der Waals surface area contributed by atoms with Gasteiger partial charge in [0.1, 0.15) is 5.75 Å². The molecule has 0 aromatic heterocycles. The molecule has 2 aromatic rings. The quantitative estimate of drug-likeness (QED) is 0.775. The minimum absolute atomic E-state index is 0.0230. The van der Waals surface area contributed by atoms with E-state index in [4.69, 9.17) is 27.9 Å². The molecule has 0 aliphatic carbocycles. The van der Waals surface area contributed by atoms with E-state index in [2.05, 4.69) is 36.9 Å². The van der Waals surface area contributed by atoms with Crippen LogP contribution in [-0.2, 0) is 4.79 Å². The third-order valence-corrected chi connectivity index (χ3v) is 5.32. The molecule has 1 fully saturated rings. The molecular formula is C20H22Cl2N2O2. The van der Waals surface area contributed by atoms with E-state index in [1.54, 1.807) is 18.2 Å². The Morgan fingerprint density at radius 3 is 2.50 bits per heavy atom. The number of hydrogen-bond acceptors (Lipinski definition) is 3. The molecule has 1 heterocycles. The van der Waals surface area contributed by atoms with Crippen molar-refractivity contribution in [2.75, 3.05) is 37.7 Å². The van der Waals surface area contributed by atoms with Gasteiger partial charge in [0.05, 0.1) is 5.02 Å². The molecule has 1 aliphatic heterocycles. The van der Waals surface area contributed by atoms with Crippen LogP contribution in [0.2, 0.25) is 10.0 Å². The van der Waals surface area contributed by atoms with Crippen molar-refractivity contribution >= 4 is 34.8 Å². The van der Waals surface area contributed by atoms with E-state index in [0.717, 1.165) is 13.1 Å². The topological polar surface area (TPSA) is 32.8 Å². The van der Waals surface area contributed by atoms with Gasteiger partial charge in [-0.1, -0.05) is 35.3 Å². The molecule has 0 atom stereocenters. The van der Waals surface area contributed by atoms with Crippen molar-refractivity contribution in [1.82, 2.24) is 4.90 Å². The van der Waals surface area contributed by atoms with Gasteiger partial charge in [-0.05, 0) is 49.2 Å². The Kier molecular flexibility index (Phi) is 5.94. The summed E-state index contributed by atoms with van der Waals surface area (Å²) in [5.41, 5.74) is 3.84. The number of nitrogens with zero attached hydrogens (tertiary/aromatic N) is 2. The molecule has 138 valence electrons. The van der Waals surface area contributed by atoms with E-state index in [9.17, 15) is 4.79 Å². The molecule has 3 rings (SSSR count). The number of aryl methyl sites for hydroxylation is 1. The summed E-state index contributed by atoms with van der Waals surface area (Å²) in [4.78, 5) is 16.6. The van der Waals surface area contributed by atoms with Gasteiger partial charge in [-0.3, -0.25) is 4.79 Å². The number of amides is 1. The molecule has 1 aliphatic rings.